The number of unbranched alkanes of at least 4 members (excludes halogenated alkanes) is 34. The van der Waals surface area contributed by atoms with Gasteiger partial charge in [0.1, 0.15) is 6.10 Å². The van der Waals surface area contributed by atoms with Gasteiger partial charge in [0.25, 0.3) is 0 Å². The van der Waals surface area contributed by atoms with Gasteiger partial charge >= 0.3 is 0 Å². The lowest BCUT2D eigenvalue weighted by molar-refractivity contribution is -0.131. The fourth-order valence-corrected chi connectivity index (χ4v) is 7.98. The van der Waals surface area contributed by atoms with Gasteiger partial charge in [-0.3, -0.25) is 4.79 Å². The van der Waals surface area contributed by atoms with Gasteiger partial charge in [0.05, 0.1) is 18.8 Å². The highest BCUT2D eigenvalue weighted by atomic mass is 16.3. The zero-order chi connectivity index (χ0) is 43.7. The third-order valence-corrected chi connectivity index (χ3v) is 12.1. The van der Waals surface area contributed by atoms with Crippen LogP contribution in [0, 0.1) is 0 Å². The van der Waals surface area contributed by atoms with Gasteiger partial charge in [-0.2, -0.15) is 0 Å². The number of carbonyl (C=O) groups excluding carboxylic acids is 1. The number of nitrogens with one attached hydrogen (secondary N) is 1. The molecule has 0 aromatic rings. The molecule has 0 saturated carbocycles. The van der Waals surface area contributed by atoms with Crippen LogP contribution in [0.5, 0.6) is 0 Å². The van der Waals surface area contributed by atoms with Crippen LogP contribution in [0.15, 0.2) is 48.6 Å². The van der Waals surface area contributed by atoms with Crippen molar-refractivity contribution in [2.75, 3.05) is 6.61 Å². The summed E-state index contributed by atoms with van der Waals surface area (Å²) in [5.41, 5.74) is 0. The van der Waals surface area contributed by atoms with Gasteiger partial charge in [0, 0.05) is 0 Å². The highest BCUT2D eigenvalue weighted by molar-refractivity contribution is 5.80. The maximum Gasteiger partial charge on any atom is 0.249 e. The third-order valence-electron chi connectivity index (χ3n) is 12.1. The van der Waals surface area contributed by atoms with Gasteiger partial charge in [-0.1, -0.05) is 249 Å². The molecular weight excluding hydrogens is 739 g/mol. The molecule has 0 heterocycles. The monoisotopic (exact) mass is 842 g/mol. The Balaban J connectivity index is 3.55. The minimum atomic E-state index is -1.11. The van der Waals surface area contributed by atoms with Gasteiger partial charge in [-0.25, -0.2) is 0 Å². The molecule has 0 fully saturated rings. The molecule has 0 aliphatic carbocycles. The van der Waals surface area contributed by atoms with Gasteiger partial charge in [0.2, 0.25) is 5.91 Å². The Hall–Kier alpha value is -1.69. The Labute approximate surface area is 374 Å². The Bertz CT molecular complexity index is 974. The predicted molar refractivity (Wildman–Crippen MR) is 264 cm³/mol. The fraction of sp³-hybridized carbons (Fsp3) is 0.836. The zero-order valence-corrected chi connectivity index (χ0v) is 40.1. The second-order valence-electron chi connectivity index (χ2n) is 18.1. The van der Waals surface area contributed by atoms with Crippen LogP contribution in [0.2, 0.25) is 0 Å². The smallest absolute Gasteiger partial charge is 0.249 e. The summed E-state index contributed by atoms with van der Waals surface area (Å²) in [5, 5.41) is 33.2. The topological polar surface area (TPSA) is 89.8 Å². The molecule has 0 bridgehead atoms. The lowest BCUT2D eigenvalue weighted by Crippen LogP contribution is -2.48. The molecule has 3 unspecified atom stereocenters. The highest BCUT2D eigenvalue weighted by Crippen LogP contribution is 2.16. The van der Waals surface area contributed by atoms with Crippen molar-refractivity contribution in [1.82, 2.24) is 5.32 Å². The summed E-state index contributed by atoms with van der Waals surface area (Å²) in [6, 6.07) is -0.820. The van der Waals surface area contributed by atoms with Crippen molar-refractivity contribution in [3.63, 3.8) is 0 Å². The number of carbonyl (C=O) groups is 1. The summed E-state index contributed by atoms with van der Waals surface area (Å²) in [6.07, 6.45) is 66.2. The van der Waals surface area contributed by atoms with Crippen LogP contribution in [0.25, 0.3) is 0 Å². The minimum absolute atomic E-state index is 0.381. The molecule has 60 heavy (non-hydrogen) atoms. The second-order valence-corrected chi connectivity index (χ2v) is 18.1. The molecule has 0 rings (SSSR count). The van der Waals surface area contributed by atoms with E-state index in [0.29, 0.717) is 6.42 Å². The molecular formula is C55H103NO4. The molecule has 0 saturated heterocycles. The van der Waals surface area contributed by atoms with Crippen molar-refractivity contribution in [1.29, 1.82) is 0 Å². The lowest BCUT2D eigenvalue weighted by atomic mass is 10.0. The van der Waals surface area contributed by atoms with E-state index >= 15 is 0 Å². The van der Waals surface area contributed by atoms with Crippen LogP contribution in [-0.2, 0) is 4.79 Å². The first kappa shape index (κ1) is 58.3. The van der Waals surface area contributed by atoms with E-state index in [4.69, 9.17) is 0 Å². The number of allylic oxidation sites excluding steroid dienone is 7. The zero-order valence-electron chi connectivity index (χ0n) is 40.1. The molecule has 0 aliphatic rings. The molecule has 5 heteroatoms. The standard InChI is InChI=1S/C55H103NO4/c1-3-5-7-9-11-13-15-17-19-20-21-22-23-24-25-26-27-28-29-30-31-32-33-34-35-36-38-40-42-44-46-48-50-54(59)55(60)56-52(51-57)53(58)49-47-45-43-41-39-37-18-16-14-12-10-8-6-4-2/h14,16,24-25,39,41,47,49,52-54,57-59H,3-13,15,17-23,26-38,40,42-46,48,50-51H2,1-2H3,(H,56,60)/b16-14+,25-24-,41-39+,49-47+. The van der Waals surface area contributed by atoms with Crippen LogP contribution >= 0.6 is 0 Å². The van der Waals surface area contributed by atoms with Crippen LogP contribution in [0.4, 0.5) is 0 Å². The molecule has 0 radical (unpaired) electrons. The molecule has 0 spiro atoms. The average molecular weight is 842 g/mol. The maximum absolute atomic E-state index is 12.5. The van der Waals surface area contributed by atoms with Crippen LogP contribution < -0.4 is 5.32 Å². The van der Waals surface area contributed by atoms with Crippen molar-refractivity contribution in [3.05, 3.63) is 48.6 Å². The molecule has 5 nitrogen and oxygen atoms in total. The summed E-state index contributed by atoms with van der Waals surface area (Å²) in [6.45, 7) is 4.16. The van der Waals surface area contributed by atoms with E-state index in [2.05, 4.69) is 55.6 Å². The Morgan fingerprint density at radius 2 is 0.683 bits per heavy atom. The normalized spacial score (nSPS) is 13.8. The van der Waals surface area contributed by atoms with E-state index in [1.165, 1.54) is 205 Å². The largest absolute Gasteiger partial charge is 0.394 e. The van der Waals surface area contributed by atoms with Crippen LogP contribution in [0.1, 0.15) is 271 Å². The molecule has 4 N–H and O–H groups in total. The summed E-state index contributed by atoms with van der Waals surface area (Å²) < 4.78 is 0. The predicted octanol–water partition coefficient (Wildman–Crippen LogP) is 16.1. The summed E-state index contributed by atoms with van der Waals surface area (Å²) in [4.78, 5) is 12.5. The summed E-state index contributed by atoms with van der Waals surface area (Å²) >= 11 is 0. The van der Waals surface area contributed by atoms with E-state index in [0.717, 1.165) is 44.9 Å². The van der Waals surface area contributed by atoms with Gasteiger partial charge < -0.3 is 20.6 Å². The first-order valence-electron chi connectivity index (χ1n) is 26.5. The first-order chi connectivity index (χ1) is 29.6. The third kappa shape index (κ3) is 44.4. The minimum Gasteiger partial charge on any atom is -0.394 e. The number of hydrogen-bond acceptors (Lipinski definition) is 4. The van der Waals surface area contributed by atoms with Crippen molar-refractivity contribution < 1.29 is 20.1 Å². The Morgan fingerprint density at radius 1 is 0.400 bits per heavy atom. The van der Waals surface area contributed by atoms with E-state index < -0.39 is 24.2 Å². The van der Waals surface area contributed by atoms with Gasteiger partial charge in [0.15, 0.2) is 0 Å². The van der Waals surface area contributed by atoms with Gasteiger partial charge in [-0.05, 0) is 70.6 Å². The van der Waals surface area contributed by atoms with E-state index in [9.17, 15) is 20.1 Å². The number of hydrogen-bond donors (Lipinski definition) is 4. The lowest BCUT2D eigenvalue weighted by Gasteiger charge is -2.21. The van der Waals surface area contributed by atoms with Crippen molar-refractivity contribution in [3.8, 4) is 0 Å². The molecule has 0 aromatic carbocycles. The van der Waals surface area contributed by atoms with E-state index in [1.807, 2.05) is 6.08 Å². The van der Waals surface area contributed by atoms with Crippen molar-refractivity contribution in [2.24, 2.45) is 0 Å². The molecule has 0 aromatic heterocycles. The summed E-state index contributed by atoms with van der Waals surface area (Å²) in [5.74, 6) is -0.516. The Kier molecular flexibility index (Phi) is 48.6. The Morgan fingerprint density at radius 3 is 1.03 bits per heavy atom. The number of rotatable bonds is 48. The number of aliphatic hydroxyl groups is 3. The van der Waals surface area contributed by atoms with E-state index in [1.54, 1.807) is 6.08 Å². The molecule has 352 valence electrons. The SMILES string of the molecule is CCCCCC/C=C/CC/C=C/CC/C=C/C(O)C(CO)NC(=O)C(O)CCCCCCCCCCCCCCCCCC/C=C\CCCCCCCCCCCCCC. The number of aliphatic hydroxyl groups excluding tert-OH is 3. The fourth-order valence-electron chi connectivity index (χ4n) is 7.98. The summed E-state index contributed by atoms with van der Waals surface area (Å²) in [7, 11) is 0. The van der Waals surface area contributed by atoms with Crippen molar-refractivity contribution in [2.45, 2.75) is 289 Å². The van der Waals surface area contributed by atoms with Crippen LogP contribution in [0.3, 0.4) is 0 Å². The quantitative estimate of drug-likeness (QED) is 0.0363. The first-order valence-corrected chi connectivity index (χ1v) is 26.5. The second kappa shape index (κ2) is 50.0. The molecule has 0 aliphatic heterocycles. The van der Waals surface area contributed by atoms with Crippen molar-refractivity contribution >= 4 is 5.91 Å². The number of amides is 1. The molecule has 3 atom stereocenters. The average Bonchev–Trinajstić information content (AvgIpc) is 3.25. The van der Waals surface area contributed by atoms with Crippen LogP contribution in [-0.4, -0.2) is 46.1 Å². The molecule has 1 amide bonds. The maximum atomic E-state index is 12.5. The van der Waals surface area contributed by atoms with Gasteiger partial charge in [-0.15, -0.1) is 0 Å². The highest BCUT2D eigenvalue weighted by Gasteiger charge is 2.22. The van der Waals surface area contributed by atoms with E-state index in [-0.39, 0.29) is 6.61 Å².